The van der Waals surface area contributed by atoms with Crippen LogP contribution in [0.2, 0.25) is 0 Å². The topological polar surface area (TPSA) is 46.2 Å². The molecule has 23 heavy (non-hydrogen) atoms. The molecule has 1 unspecified atom stereocenters. The summed E-state index contributed by atoms with van der Waals surface area (Å²) in [6, 6.07) is 8.54. The van der Waals surface area contributed by atoms with Crippen LogP contribution in [0.4, 0.5) is 8.78 Å². The number of hydrogen-bond donors (Lipinski definition) is 1. The fourth-order valence-electron chi connectivity index (χ4n) is 2.22. The summed E-state index contributed by atoms with van der Waals surface area (Å²) in [4.78, 5) is 12.5. The Morgan fingerprint density at radius 3 is 2.35 bits per heavy atom. The number of benzene rings is 2. The van der Waals surface area contributed by atoms with Gasteiger partial charge in [-0.25, -0.2) is 8.78 Å². The molecule has 0 aliphatic heterocycles. The van der Waals surface area contributed by atoms with E-state index < -0.39 is 28.3 Å². The first-order valence-electron chi connectivity index (χ1n) is 7.02. The molecule has 3 nitrogen and oxygen atoms in total. The highest BCUT2D eigenvalue weighted by Gasteiger charge is 2.12. The van der Waals surface area contributed by atoms with Crippen LogP contribution in [-0.4, -0.2) is 15.9 Å². The lowest BCUT2D eigenvalue weighted by molar-refractivity contribution is -0.118. The van der Waals surface area contributed by atoms with E-state index in [2.05, 4.69) is 5.32 Å². The molecule has 6 heteroatoms. The van der Waals surface area contributed by atoms with Gasteiger partial charge in [0.05, 0.1) is 10.8 Å². The number of carbonyl (C=O) groups is 1. The van der Waals surface area contributed by atoms with E-state index in [0.717, 1.165) is 29.3 Å². The molecule has 0 saturated heterocycles. The molecule has 2 aromatic carbocycles. The molecular formula is C17H17F2NO2S. The number of nitrogens with one attached hydrogen (secondary N) is 1. The van der Waals surface area contributed by atoms with Crippen molar-refractivity contribution in [1.29, 1.82) is 0 Å². The van der Waals surface area contributed by atoms with E-state index >= 15 is 0 Å². The lowest BCUT2D eigenvalue weighted by Gasteiger charge is -2.08. The van der Waals surface area contributed by atoms with Gasteiger partial charge in [0, 0.05) is 17.5 Å². The largest absolute Gasteiger partial charge is 0.351 e. The summed E-state index contributed by atoms with van der Waals surface area (Å²) in [6.45, 7) is 3.76. The van der Waals surface area contributed by atoms with Crippen molar-refractivity contribution in [3.05, 3.63) is 64.7 Å². The summed E-state index contributed by atoms with van der Waals surface area (Å²) in [6.07, 6.45) is 0. The second-order valence-corrected chi connectivity index (χ2v) is 6.73. The zero-order valence-corrected chi connectivity index (χ0v) is 13.7. The number of amides is 1. The summed E-state index contributed by atoms with van der Waals surface area (Å²) >= 11 is 0. The van der Waals surface area contributed by atoms with Crippen LogP contribution in [0.5, 0.6) is 0 Å². The minimum Gasteiger partial charge on any atom is -0.351 e. The lowest BCUT2D eigenvalue weighted by Crippen LogP contribution is -2.28. The van der Waals surface area contributed by atoms with Crippen LogP contribution in [0, 0.1) is 25.5 Å². The molecule has 2 aromatic rings. The molecule has 0 heterocycles. The monoisotopic (exact) mass is 337 g/mol. The van der Waals surface area contributed by atoms with Gasteiger partial charge < -0.3 is 5.32 Å². The number of carbonyl (C=O) groups excluding carboxylic acids is 1. The summed E-state index contributed by atoms with van der Waals surface area (Å²) in [5.74, 6) is -2.03. The van der Waals surface area contributed by atoms with E-state index in [1.807, 2.05) is 26.0 Å². The van der Waals surface area contributed by atoms with Gasteiger partial charge in [0.1, 0.15) is 17.4 Å². The van der Waals surface area contributed by atoms with Crippen LogP contribution in [-0.2, 0) is 22.1 Å². The van der Waals surface area contributed by atoms with Crippen LogP contribution in [0.25, 0.3) is 0 Å². The predicted octanol–water partition coefficient (Wildman–Crippen LogP) is 3.01. The molecule has 0 fully saturated rings. The normalized spacial score (nSPS) is 12.0. The Labute approximate surface area is 136 Å². The molecule has 0 saturated carbocycles. The van der Waals surface area contributed by atoms with Gasteiger partial charge in [0.15, 0.2) is 0 Å². The minimum absolute atomic E-state index is 0.0163. The highest BCUT2D eigenvalue weighted by molar-refractivity contribution is 7.85. The van der Waals surface area contributed by atoms with Gasteiger partial charge in [-0.15, -0.1) is 0 Å². The SMILES string of the molecule is Cc1ccc(S(=O)CC(=O)NCc2cc(F)cc(F)c2)c(C)c1. The molecule has 0 bridgehead atoms. The Kier molecular flexibility index (Phi) is 5.60. The highest BCUT2D eigenvalue weighted by atomic mass is 32.2. The molecule has 0 spiro atoms. The highest BCUT2D eigenvalue weighted by Crippen LogP contribution is 2.15. The van der Waals surface area contributed by atoms with Crippen molar-refractivity contribution in [2.24, 2.45) is 0 Å². The Morgan fingerprint density at radius 1 is 1.09 bits per heavy atom. The maximum absolute atomic E-state index is 13.1. The van der Waals surface area contributed by atoms with Crippen LogP contribution in [0.15, 0.2) is 41.3 Å². The third-order valence-electron chi connectivity index (χ3n) is 3.25. The van der Waals surface area contributed by atoms with Crippen molar-refractivity contribution in [1.82, 2.24) is 5.32 Å². The Balaban J connectivity index is 1.95. The standard InChI is InChI=1S/C17H17F2NO2S/c1-11-3-4-16(12(2)5-11)23(22)10-17(21)20-9-13-6-14(18)8-15(19)7-13/h3-8H,9-10H2,1-2H3,(H,20,21). The summed E-state index contributed by atoms with van der Waals surface area (Å²) in [5, 5.41) is 2.52. The molecular weight excluding hydrogens is 320 g/mol. The van der Waals surface area contributed by atoms with Crippen LogP contribution < -0.4 is 5.32 Å². The Hall–Kier alpha value is -2.08. The second-order valence-electron chi connectivity index (χ2n) is 5.31. The van der Waals surface area contributed by atoms with Crippen molar-refractivity contribution in [3.63, 3.8) is 0 Å². The van der Waals surface area contributed by atoms with Gasteiger partial charge >= 0.3 is 0 Å². The minimum atomic E-state index is -1.46. The van der Waals surface area contributed by atoms with E-state index in [9.17, 15) is 17.8 Å². The third-order valence-corrected chi connectivity index (χ3v) is 4.72. The Bertz CT molecular complexity index is 742. The average Bonchev–Trinajstić information content (AvgIpc) is 2.44. The van der Waals surface area contributed by atoms with Crippen LogP contribution in [0.3, 0.4) is 0 Å². The number of halogens is 2. The van der Waals surface area contributed by atoms with Crippen molar-refractivity contribution < 1.29 is 17.8 Å². The molecule has 1 amide bonds. The average molecular weight is 337 g/mol. The van der Waals surface area contributed by atoms with Gasteiger partial charge in [0.2, 0.25) is 5.91 Å². The van der Waals surface area contributed by atoms with Crippen molar-refractivity contribution >= 4 is 16.7 Å². The third kappa shape index (κ3) is 4.96. The summed E-state index contributed by atoms with van der Waals surface area (Å²) < 4.78 is 38.4. The zero-order valence-electron chi connectivity index (χ0n) is 12.9. The van der Waals surface area contributed by atoms with Gasteiger partial charge in [-0.2, -0.15) is 0 Å². The van der Waals surface area contributed by atoms with E-state index in [4.69, 9.17) is 0 Å². The van der Waals surface area contributed by atoms with E-state index in [0.29, 0.717) is 10.5 Å². The molecule has 1 N–H and O–H groups in total. The van der Waals surface area contributed by atoms with Crippen LogP contribution >= 0.6 is 0 Å². The molecule has 0 aliphatic carbocycles. The fraction of sp³-hybridized carbons (Fsp3) is 0.235. The zero-order chi connectivity index (χ0) is 17.0. The van der Waals surface area contributed by atoms with Gasteiger partial charge in [0.25, 0.3) is 0 Å². The summed E-state index contributed by atoms with van der Waals surface area (Å²) in [7, 11) is -1.46. The molecule has 122 valence electrons. The van der Waals surface area contributed by atoms with E-state index in [-0.39, 0.29) is 12.3 Å². The second kappa shape index (κ2) is 7.46. The van der Waals surface area contributed by atoms with Crippen molar-refractivity contribution in [3.8, 4) is 0 Å². The molecule has 0 aliphatic rings. The van der Waals surface area contributed by atoms with E-state index in [1.165, 1.54) is 0 Å². The van der Waals surface area contributed by atoms with E-state index in [1.54, 1.807) is 6.07 Å². The molecule has 1 atom stereocenters. The van der Waals surface area contributed by atoms with Crippen molar-refractivity contribution in [2.45, 2.75) is 25.3 Å². The molecule has 0 radical (unpaired) electrons. The predicted molar refractivity (Wildman–Crippen MR) is 85.4 cm³/mol. The van der Waals surface area contributed by atoms with Gasteiger partial charge in [-0.05, 0) is 43.2 Å². The molecule has 0 aromatic heterocycles. The first-order valence-corrected chi connectivity index (χ1v) is 8.34. The van der Waals surface area contributed by atoms with Crippen molar-refractivity contribution in [2.75, 3.05) is 5.75 Å². The van der Waals surface area contributed by atoms with Gasteiger partial charge in [-0.3, -0.25) is 9.00 Å². The smallest absolute Gasteiger partial charge is 0.233 e. The summed E-state index contributed by atoms with van der Waals surface area (Å²) in [5.41, 5.74) is 2.23. The first-order chi connectivity index (χ1) is 10.8. The molecule has 2 rings (SSSR count). The van der Waals surface area contributed by atoms with Crippen LogP contribution in [0.1, 0.15) is 16.7 Å². The quantitative estimate of drug-likeness (QED) is 0.912. The first kappa shape index (κ1) is 17.3. The Morgan fingerprint density at radius 2 is 1.74 bits per heavy atom. The maximum atomic E-state index is 13.1. The number of rotatable bonds is 5. The number of hydrogen-bond acceptors (Lipinski definition) is 2. The van der Waals surface area contributed by atoms with Gasteiger partial charge in [-0.1, -0.05) is 17.7 Å². The lowest BCUT2D eigenvalue weighted by atomic mass is 10.2. The maximum Gasteiger partial charge on any atom is 0.233 e. The number of aryl methyl sites for hydroxylation is 2. The fourth-order valence-corrected chi connectivity index (χ4v) is 3.35.